The molecule has 0 aliphatic carbocycles. The predicted octanol–water partition coefficient (Wildman–Crippen LogP) is 19.2. The molecule has 0 unspecified atom stereocenters. The minimum atomic E-state index is -2.75. The van der Waals surface area contributed by atoms with Gasteiger partial charge >= 0.3 is 372 Å². The van der Waals surface area contributed by atoms with Crippen molar-refractivity contribution >= 4 is 27.8 Å². The van der Waals surface area contributed by atoms with Crippen LogP contribution in [0, 0.1) is 0 Å². The molecule has 0 aliphatic heterocycles. The monoisotopic (exact) mass is 879 g/mol. The molecule has 0 saturated heterocycles. The fourth-order valence-electron chi connectivity index (χ4n) is 10.8. The van der Waals surface area contributed by atoms with E-state index in [1.165, 1.54) is 247 Å². The summed E-state index contributed by atoms with van der Waals surface area (Å²) in [7, 11) is -0.493. The van der Waals surface area contributed by atoms with E-state index in [0.717, 1.165) is 0 Å². The van der Waals surface area contributed by atoms with Gasteiger partial charge in [0.15, 0.2) is 0 Å². The second-order valence-electron chi connectivity index (χ2n) is 20.0. The Balaban J connectivity index is 8.49. The van der Waals surface area contributed by atoms with E-state index in [-0.39, 0.29) is 0 Å². The Kier molecular flexibility index (Phi) is 33.5. The first-order valence-electron chi connectivity index (χ1n) is 27.0. The van der Waals surface area contributed by atoms with Crippen molar-refractivity contribution in [2.45, 2.75) is 256 Å². The van der Waals surface area contributed by atoms with Crippen LogP contribution in [0.5, 0.6) is 0 Å². The van der Waals surface area contributed by atoms with Gasteiger partial charge in [-0.1, -0.05) is 0 Å². The van der Waals surface area contributed by atoms with Crippen LogP contribution in [0.25, 0.3) is 0 Å². The first-order chi connectivity index (χ1) is 28.0. The Morgan fingerprint density at radius 1 is 0.224 bits per heavy atom. The molecule has 0 rings (SSSR count). The molecule has 0 saturated carbocycles. The molecule has 3 nitrogen and oxygen atoms in total. The van der Waals surface area contributed by atoms with E-state index in [1.807, 2.05) is 0 Å². The van der Waals surface area contributed by atoms with Crippen molar-refractivity contribution in [1.29, 1.82) is 0 Å². The molecule has 0 aromatic carbocycles. The van der Waals surface area contributed by atoms with Crippen molar-refractivity contribution in [3.8, 4) is 0 Å². The third-order valence-electron chi connectivity index (χ3n) is 15.5. The molecule has 0 heterocycles. The third-order valence-corrected chi connectivity index (χ3v) is 35.6. The van der Waals surface area contributed by atoms with Crippen LogP contribution in [-0.2, 0) is 13.3 Å². The van der Waals surface area contributed by atoms with Gasteiger partial charge in [-0.2, -0.15) is 0 Å². The van der Waals surface area contributed by atoms with E-state index in [2.05, 4.69) is 83.1 Å². The second-order valence-corrected chi connectivity index (χ2v) is 37.7. The van der Waals surface area contributed by atoms with Crippen LogP contribution in [0.1, 0.15) is 256 Å². The molecule has 0 fully saturated rings. The summed E-state index contributed by atoms with van der Waals surface area (Å²) in [5.41, 5.74) is 0. The van der Waals surface area contributed by atoms with E-state index in [0.29, 0.717) is 0 Å². The normalized spacial score (nSPS) is 14.8. The van der Waals surface area contributed by atoms with Crippen molar-refractivity contribution < 1.29 is 13.3 Å². The summed E-state index contributed by atoms with van der Waals surface area (Å²) < 4.78 is 25.7. The molecular weight excluding hydrogens is 764 g/mol. The molecular formula is C51H114BO3P3. The van der Waals surface area contributed by atoms with Crippen LogP contribution in [-0.4, -0.2) is 81.3 Å². The van der Waals surface area contributed by atoms with Gasteiger partial charge in [-0.25, -0.2) is 0 Å². The average Bonchev–Trinajstić information content (AvgIpc) is 3.22. The van der Waals surface area contributed by atoms with Crippen LogP contribution < -0.4 is 0 Å². The van der Waals surface area contributed by atoms with E-state index in [9.17, 15) is 0 Å². The first-order valence-corrected chi connectivity index (χ1v) is 35.7. The zero-order valence-electron chi connectivity index (χ0n) is 42.7. The van der Waals surface area contributed by atoms with Crippen molar-refractivity contribution in [3.05, 3.63) is 0 Å². The van der Waals surface area contributed by atoms with Crippen LogP contribution >= 0.6 is 20.5 Å². The maximum atomic E-state index is 8.57. The first kappa shape index (κ1) is 59.2. The van der Waals surface area contributed by atoms with Crippen molar-refractivity contribution in [2.24, 2.45) is 0 Å². The maximum absolute atomic E-state index is 8.57. The predicted molar refractivity (Wildman–Crippen MR) is 281 cm³/mol. The summed E-state index contributed by atoms with van der Waals surface area (Å²) in [6, 6.07) is 0. The van der Waals surface area contributed by atoms with Crippen molar-refractivity contribution in [2.75, 3.05) is 73.9 Å². The molecule has 58 heavy (non-hydrogen) atoms. The Hall–Kier alpha value is 1.23. The molecule has 0 bridgehead atoms. The summed E-state index contributed by atoms with van der Waals surface area (Å²) >= 11 is 0. The quantitative estimate of drug-likeness (QED) is 0.0347. The SMILES string of the molecule is CCCCCP(CC)(CCCCC)(CCCCC)OB(OP(CC)(CCCCC)(CCCCC)CCCCC)OP(CC)(CCCCC)(CCCCC)CCCCC. The number of unbranched alkanes of at least 4 members (excludes halogenated alkanes) is 18. The number of rotatable bonds is 45. The van der Waals surface area contributed by atoms with Gasteiger partial charge in [-0.15, -0.1) is 0 Å². The molecule has 0 N–H and O–H groups in total. The fraction of sp³-hybridized carbons (Fsp3) is 1.00. The van der Waals surface area contributed by atoms with Gasteiger partial charge in [0.2, 0.25) is 0 Å². The number of hydrogen-bond acceptors (Lipinski definition) is 3. The minimum absolute atomic E-state index is 0.493. The molecule has 7 heteroatoms. The van der Waals surface area contributed by atoms with Crippen molar-refractivity contribution in [3.63, 3.8) is 0 Å². The fourth-order valence-corrected chi connectivity index (χ4v) is 28.2. The average molecular weight is 879 g/mol. The zero-order chi connectivity index (χ0) is 43.6. The van der Waals surface area contributed by atoms with Gasteiger partial charge in [-0.05, 0) is 0 Å². The van der Waals surface area contributed by atoms with Crippen molar-refractivity contribution in [1.82, 2.24) is 0 Å². The van der Waals surface area contributed by atoms with Gasteiger partial charge in [0.1, 0.15) is 0 Å². The van der Waals surface area contributed by atoms with Crippen LogP contribution in [0.3, 0.4) is 0 Å². The second kappa shape index (κ2) is 32.8. The van der Waals surface area contributed by atoms with Gasteiger partial charge in [0, 0.05) is 0 Å². The Morgan fingerprint density at radius 2 is 0.362 bits per heavy atom. The Bertz CT molecular complexity index is 757. The summed E-state index contributed by atoms with van der Waals surface area (Å²) in [6.45, 7) is 21.0. The molecule has 0 atom stereocenters. The van der Waals surface area contributed by atoms with Gasteiger partial charge in [-0.3, -0.25) is 0 Å². The van der Waals surface area contributed by atoms with Gasteiger partial charge in [0.25, 0.3) is 0 Å². The molecule has 0 aliphatic rings. The Labute approximate surface area is 370 Å². The number of hydrogen-bond donors (Lipinski definition) is 0. The Morgan fingerprint density at radius 3 is 0.466 bits per heavy atom. The topological polar surface area (TPSA) is 27.7 Å². The molecule has 0 amide bonds. The molecule has 0 aromatic heterocycles. The summed E-state index contributed by atoms with van der Waals surface area (Å²) in [5.74, 6) is 0. The standard InChI is InChI=1S/C51H114BO3P3/c1-13-25-34-43-56(22-10,44-35-26-14-2,45-36-27-15-3)53-52(54-57(23-11,46-37-28-16-4,47-38-29-17-5)48-39-30-18-6)55-58(24-12,49-40-31-19-7,50-41-32-20-8)51-42-33-21-9/h13-51H2,1-12H3. The molecule has 0 spiro atoms. The van der Waals surface area contributed by atoms with Crippen LogP contribution in [0.15, 0.2) is 0 Å². The van der Waals surface area contributed by atoms with E-state index in [4.69, 9.17) is 13.3 Å². The molecule has 0 radical (unpaired) electrons. The van der Waals surface area contributed by atoms with E-state index < -0.39 is 27.8 Å². The molecule has 354 valence electrons. The van der Waals surface area contributed by atoms with Crippen LogP contribution in [0.2, 0.25) is 0 Å². The molecule has 0 aromatic rings. The van der Waals surface area contributed by atoms with Gasteiger partial charge in [0.05, 0.1) is 0 Å². The summed E-state index contributed by atoms with van der Waals surface area (Å²) in [4.78, 5) is 0. The summed E-state index contributed by atoms with van der Waals surface area (Å²) in [5, 5.41) is 0. The van der Waals surface area contributed by atoms with Crippen LogP contribution in [0.4, 0.5) is 0 Å². The third kappa shape index (κ3) is 20.4. The van der Waals surface area contributed by atoms with E-state index in [1.54, 1.807) is 0 Å². The van der Waals surface area contributed by atoms with E-state index >= 15 is 0 Å². The summed E-state index contributed by atoms with van der Waals surface area (Å²) in [6.07, 6.45) is 50.1. The van der Waals surface area contributed by atoms with Gasteiger partial charge < -0.3 is 0 Å². The zero-order valence-corrected chi connectivity index (χ0v) is 45.4.